The largest absolute Gasteiger partial charge is 0.493 e. The van der Waals surface area contributed by atoms with Gasteiger partial charge in [-0.3, -0.25) is 19.5 Å². The molecular formula is C32H32N4O4. The molecule has 1 aliphatic rings. The van der Waals surface area contributed by atoms with Crippen LogP contribution in [0, 0.1) is 0 Å². The van der Waals surface area contributed by atoms with E-state index >= 15 is 0 Å². The number of benzene rings is 3. The lowest BCUT2D eigenvalue weighted by atomic mass is 9.98. The zero-order chi connectivity index (χ0) is 27.9. The molecule has 0 saturated heterocycles. The number of aromatic nitrogens is 1. The number of fused-ring (bicyclic) bond motifs is 1. The van der Waals surface area contributed by atoms with E-state index in [2.05, 4.69) is 32.7 Å². The monoisotopic (exact) mass is 536 g/mol. The van der Waals surface area contributed by atoms with Gasteiger partial charge in [-0.15, -0.1) is 0 Å². The summed E-state index contributed by atoms with van der Waals surface area (Å²) in [5.41, 5.74) is 6.34. The van der Waals surface area contributed by atoms with Crippen molar-refractivity contribution in [3.8, 4) is 11.5 Å². The number of methoxy groups -OCH3 is 2. The molecule has 2 amide bonds. The Hall–Kier alpha value is -4.69. The van der Waals surface area contributed by atoms with E-state index in [0.717, 1.165) is 37.3 Å². The van der Waals surface area contributed by atoms with Crippen molar-refractivity contribution in [3.63, 3.8) is 0 Å². The molecule has 0 saturated carbocycles. The fraction of sp³-hybridized carbons (Fsp3) is 0.219. The second-order valence-electron chi connectivity index (χ2n) is 9.71. The second-order valence-corrected chi connectivity index (χ2v) is 9.71. The zero-order valence-corrected chi connectivity index (χ0v) is 22.6. The lowest BCUT2D eigenvalue weighted by Crippen LogP contribution is -2.30. The van der Waals surface area contributed by atoms with Gasteiger partial charge in [-0.1, -0.05) is 18.2 Å². The molecule has 0 bridgehead atoms. The van der Waals surface area contributed by atoms with Crippen LogP contribution in [-0.2, 0) is 26.1 Å². The molecule has 1 aromatic heterocycles. The normalized spacial score (nSPS) is 12.8. The minimum atomic E-state index is -0.247. The van der Waals surface area contributed by atoms with Crippen molar-refractivity contribution in [2.75, 3.05) is 26.1 Å². The number of amides is 2. The molecule has 0 radical (unpaired) electrons. The SMILES string of the molecule is COc1ccc(C(=O)NCc2cccc(C(=O)Nc3ccc4c(c3)CN(Cc3ccncc3)CC4)c2)cc1OC. The summed E-state index contributed by atoms with van der Waals surface area (Å²) in [4.78, 5) is 32.3. The highest BCUT2D eigenvalue weighted by Crippen LogP contribution is 2.28. The Morgan fingerprint density at radius 1 is 0.825 bits per heavy atom. The topological polar surface area (TPSA) is 92.8 Å². The van der Waals surface area contributed by atoms with E-state index in [1.807, 2.05) is 42.7 Å². The number of carbonyl (C=O) groups is 2. The number of ether oxygens (including phenoxy) is 2. The highest BCUT2D eigenvalue weighted by Gasteiger charge is 2.18. The first kappa shape index (κ1) is 26.9. The van der Waals surface area contributed by atoms with Crippen molar-refractivity contribution in [2.24, 2.45) is 0 Å². The summed E-state index contributed by atoms with van der Waals surface area (Å²) in [7, 11) is 3.07. The summed E-state index contributed by atoms with van der Waals surface area (Å²) in [5.74, 6) is 0.594. The molecule has 0 unspecified atom stereocenters. The maximum Gasteiger partial charge on any atom is 0.255 e. The molecule has 0 aliphatic carbocycles. The van der Waals surface area contributed by atoms with Gasteiger partial charge in [-0.2, -0.15) is 0 Å². The van der Waals surface area contributed by atoms with Crippen LogP contribution in [0.2, 0.25) is 0 Å². The first-order chi connectivity index (χ1) is 19.5. The van der Waals surface area contributed by atoms with Crippen LogP contribution >= 0.6 is 0 Å². The van der Waals surface area contributed by atoms with Gasteiger partial charge in [0, 0.05) is 55.4 Å². The van der Waals surface area contributed by atoms with Gasteiger partial charge in [0.25, 0.3) is 11.8 Å². The lowest BCUT2D eigenvalue weighted by Gasteiger charge is -2.29. The maximum atomic E-state index is 13.1. The van der Waals surface area contributed by atoms with Crippen LogP contribution in [0.1, 0.15) is 43.0 Å². The molecule has 8 nitrogen and oxygen atoms in total. The summed E-state index contributed by atoms with van der Waals surface area (Å²) in [6, 6.07) is 22.5. The van der Waals surface area contributed by atoms with Gasteiger partial charge in [-0.05, 0) is 83.3 Å². The van der Waals surface area contributed by atoms with E-state index in [0.29, 0.717) is 22.6 Å². The fourth-order valence-corrected chi connectivity index (χ4v) is 4.86. The van der Waals surface area contributed by atoms with Crippen molar-refractivity contribution in [1.82, 2.24) is 15.2 Å². The van der Waals surface area contributed by atoms with Gasteiger partial charge < -0.3 is 20.1 Å². The second kappa shape index (κ2) is 12.4. The number of pyridine rings is 1. The number of anilines is 1. The van der Waals surface area contributed by atoms with Gasteiger partial charge in [0.15, 0.2) is 11.5 Å². The molecule has 1 aliphatic heterocycles. The summed E-state index contributed by atoms with van der Waals surface area (Å²) < 4.78 is 10.5. The van der Waals surface area contributed by atoms with Crippen LogP contribution in [0.5, 0.6) is 11.5 Å². The van der Waals surface area contributed by atoms with Crippen molar-refractivity contribution in [3.05, 3.63) is 119 Å². The molecule has 0 fully saturated rings. The molecule has 5 rings (SSSR count). The van der Waals surface area contributed by atoms with Gasteiger partial charge in [0.2, 0.25) is 0 Å². The van der Waals surface area contributed by atoms with E-state index < -0.39 is 0 Å². The predicted octanol–water partition coefficient (Wildman–Crippen LogP) is 4.84. The van der Waals surface area contributed by atoms with Gasteiger partial charge in [0.1, 0.15) is 0 Å². The Morgan fingerprint density at radius 3 is 2.42 bits per heavy atom. The highest BCUT2D eigenvalue weighted by atomic mass is 16.5. The Morgan fingerprint density at radius 2 is 1.62 bits per heavy atom. The number of carbonyl (C=O) groups excluding carboxylic acids is 2. The molecule has 2 heterocycles. The molecule has 0 atom stereocenters. The molecule has 40 heavy (non-hydrogen) atoms. The van der Waals surface area contributed by atoms with Crippen molar-refractivity contribution < 1.29 is 19.1 Å². The van der Waals surface area contributed by atoms with Crippen LogP contribution in [0.15, 0.2) is 85.2 Å². The van der Waals surface area contributed by atoms with Crippen LogP contribution in [0.25, 0.3) is 0 Å². The molecule has 3 aromatic carbocycles. The predicted molar refractivity (Wildman–Crippen MR) is 154 cm³/mol. The Labute approximate surface area is 234 Å². The van der Waals surface area contributed by atoms with E-state index in [4.69, 9.17) is 9.47 Å². The van der Waals surface area contributed by atoms with Crippen LogP contribution in [-0.4, -0.2) is 42.5 Å². The molecule has 4 aromatic rings. The number of hydrogen-bond donors (Lipinski definition) is 2. The van der Waals surface area contributed by atoms with Gasteiger partial charge in [-0.25, -0.2) is 0 Å². The summed E-state index contributed by atoms with van der Waals surface area (Å²) in [6.45, 7) is 2.97. The standard InChI is InChI=1S/C32H32N4O4/c1-39-29-9-7-26(18-30(29)40-2)31(37)34-19-23-4-3-5-25(16-23)32(38)35-28-8-6-24-12-15-36(21-27(24)17-28)20-22-10-13-33-14-11-22/h3-11,13-14,16-18H,12,15,19-21H2,1-2H3,(H,34,37)(H,35,38). The molecule has 2 N–H and O–H groups in total. The number of nitrogens with zero attached hydrogens (tertiary/aromatic N) is 2. The highest BCUT2D eigenvalue weighted by molar-refractivity contribution is 6.04. The Balaban J connectivity index is 1.20. The van der Waals surface area contributed by atoms with Gasteiger partial charge in [0.05, 0.1) is 14.2 Å². The molecule has 204 valence electrons. The summed E-state index contributed by atoms with van der Waals surface area (Å²) >= 11 is 0. The number of hydrogen-bond acceptors (Lipinski definition) is 6. The van der Waals surface area contributed by atoms with Crippen molar-refractivity contribution in [2.45, 2.75) is 26.1 Å². The average molecular weight is 537 g/mol. The number of rotatable bonds is 9. The Bertz CT molecular complexity index is 1510. The quantitative estimate of drug-likeness (QED) is 0.318. The van der Waals surface area contributed by atoms with E-state index in [1.54, 1.807) is 37.4 Å². The fourth-order valence-electron chi connectivity index (χ4n) is 4.86. The minimum Gasteiger partial charge on any atom is -0.493 e. The smallest absolute Gasteiger partial charge is 0.255 e. The first-order valence-electron chi connectivity index (χ1n) is 13.2. The third kappa shape index (κ3) is 6.47. The minimum absolute atomic E-state index is 0.197. The van der Waals surface area contributed by atoms with Crippen LogP contribution in [0.4, 0.5) is 5.69 Å². The van der Waals surface area contributed by atoms with Crippen LogP contribution in [0.3, 0.4) is 0 Å². The molecule has 8 heteroatoms. The van der Waals surface area contributed by atoms with E-state index in [-0.39, 0.29) is 18.4 Å². The van der Waals surface area contributed by atoms with E-state index in [1.165, 1.54) is 23.8 Å². The van der Waals surface area contributed by atoms with Crippen molar-refractivity contribution >= 4 is 17.5 Å². The average Bonchev–Trinajstić information content (AvgIpc) is 3.00. The van der Waals surface area contributed by atoms with E-state index in [9.17, 15) is 9.59 Å². The third-order valence-electron chi connectivity index (χ3n) is 7.00. The maximum absolute atomic E-state index is 13.1. The summed E-state index contributed by atoms with van der Waals surface area (Å²) in [6.07, 6.45) is 4.62. The lowest BCUT2D eigenvalue weighted by molar-refractivity contribution is 0.0950. The molecule has 0 spiro atoms. The summed E-state index contributed by atoms with van der Waals surface area (Å²) in [5, 5.41) is 5.94. The number of nitrogens with one attached hydrogen (secondary N) is 2. The van der Waals surface area contributed by atoms with Crippen LogP contribution < -0.4 is 20.1 Å². The molecular weight excluding hydrogens is 504 g/mol. The zero-order valence-electron chi connectivity index (χ0n) is 22.6. The first-order valence-corrected chi connectivity index (χ1v) is 13.2. The van der Waals surface area contributed by atoms with Crippen molar-refractivity contribution in [1.29, 1.82) is 0 Å². The van der Waals surface area contributed by atoms with Gasteiger partial charge >= 0.3 is 0 Å². The Kier molecular flexibility index (Phi) is 8.37. The third-order valence-corrected chi connectivity index (χ3v) is 7.00.